The van der Waals surface area contributed by atoms with Crippen molar-refractivity contribution < 1.29 is 29.6 Å². The molecule has 0 saturated carbocycles. The van der Waals surface area contributed by atoms with E-state index in [9.17, 15) is 14.7 Å². The lowest BCUT2D eigenvalue weighted by atomic mass is 10.0. The van der Waals surface area contributed by atoms with Crippen LogP contribution in [0.15, 0.2) is 39.3 Å². The van der Waals surface area contributed by atoms with E-state index in [1.807, 2.05) is 13.8 Å². The summed E-state index contributed by atoms with van der Waals surface area (Å²) in [6.07, 6.45) is -0.102. The lowest BCUT2D eigenvalue weighted by Crippen LogP contribution is -2.42. The minimum Gasteiger partial charge on any atom is -0.508 e. The second-order valence-electron chi connectivity index (χ2n) is 7.01. The second kappa shape index (κ2) is 10.8. The van der Waals surface area contributed by atoms with Crippen LogP contribution in [0.25, 0.3) is 0 Å². The maximum absolute atomic E-state index is 12.2. The average molecular weight is 545 g/mol. The van der Waals surface area contributed by atoms with E-state index in [0.717, 1.165) is 5.56 Å². The molecule has 0 heterocycles. The molecule has 2 aromatic rings. The summed E-state index contributed by atoms with van der Waals surface area (Å²) in [5.41, 5.74) is 1.41. The number of aliphatic carboxylic acids is 1. The third kappa shape index (κ3) is 6.45. The number of hydrogen-bond donors (Lipinski definition) is 4. The Morgan fingerprint density at radius 3 is 2.30 bits per heavy atom. The largest absolute Gasteiger partial charge is 0.508 e. The van der Waals surface area contributed by atoms with Crippen molar-refractivity contribution in [2.24, 2.45) is 0 Å². The molecule has 2 rings (SSSR count). The van der Waals surface area contributed by atoms with Crippen LogP contribution >= 0.6 is 31.9 Å². The smallest absolute Gasteiger partial charge is 0.326 e. The molecule has 9 heteroatoms. The Morgan fingerprint density at radius 1 is 1.13 bits per heavy atom. The molecule has 0 saturated heterocycles. The molecule has 0 fully saturated rings. The normalized spacial score (nSPS) is 11.9. The summed E-state index contributed by atoms with van der Waals surface area (Å²) >= 11 is 6.89. The lowest BCUT2D eigenvalue weighted by molar-refractivity contribution is -0.142. The quantitative estimate of drug-likeness (QED) is 0.373. The van der Waals surface area contributed by atoms with Crippen molar-refractivity contribution in [3.05, 3.63) is 50.4 Å². The molecule has 2 aromatic carbocycles. The number of carbonyl (C=O) groups excluding carboxylic acids is 1. The van der Waals surface area contributed by atoms with Gasteiger partial charge in [0.2, 0.25) is 5.91 Å². The van der Waals surface area contributed by atoms with Crippen LogP contribution in [0.1, 0.15) is 37.3 Å². The molecule has 1 atom stereocenters. The molecule has 162 valence electrons. The Morgan fingerprint density at radius 2 is 1.77 bits per heavy atom. The first kappa shape index (κ1) is 24.2. The molecule has 0 aromatic heterocycles. The molecule has 1 amide bonds. The summed E-state index contributed by atoms with van der Waals surface area (Å²) in [6.45, 7) is 3.61. The monoisotopic (exact) mass is 543 g/mol. The van der Waals surface area contributed by atoms with E-state index in [4.69, 9.17) is 14.9 Å². The standard InChI is InChI=1S/C21H23Br2NO6/c1-11(2)14-10-13(3-4-18(14)26)30-20-15(22)7-12(8-16(20)23)9-19(27)24-17(5-6-25)21(28)29/h3-4,7-8,10-11,17,25-26H,5-6,9H2,1-2H3,(H,24,27)(H,28,29). The van der Waals surface area contributed by atoms with E-state index in [1.54, 1.807) is 30.3 Å². The van der Waals surface area contributed by atoms with Gasteiger partial charge in [0, 0.05) is 18.6 Å². The molecule has 7 nitrogen and oxygen atoms in total. The van der Waals surface area contributed by atoms with Gasteiger partial charge < -0.3 is 25.4 Å². The van der Waals surface area contributed by atoms with Crippen LogP contribution in [0.4, 0.5) is 0 Å². The zero-order chi connectivity index (χ0) is 22.4. The van der Waals surface area contributed by atoms with Crippen molar-refractivity contribution in [2.45, 2.75) is 38.6 Å². The van der Waals surface area contributed by atoms with Crippen molar-refractivity contribution in [1.82, 2.24) is 5.32 Å². The van der Waals surface area contributed by atoms with Crippen molar-refractivity contribution in [2.75, 3.05) is 6.61 Å². The molecule has 0 aliphatic carbocycles. The lowest BCUT2D eigenvalue weighted by Gasteiger charge is -2.15. The summed E-state index contributed by atoms with van der Waals surface area (Å²) < 4.78 is 7.16. The van der Waals surface area contributed by atoms with Crippen LogP contribution < -0.4 is 10.1 Å². The number of aliphatic hydroxyl groups excluding tert-OH is 1. The number of halogens is 2. The molecule has 1 unspecified atom stereocenters. The fourth-order valence-corrected chi connectivity index (χ4v) is 4.25. The van der Waals surface area contributed by atoms with E-state index in [-0.39, 0.29) is 31.1 Å². The van der Waals surface area contributed by atoms with Gasteiger partial charge in [0.05, 0.1) is 15.4 Å². The van der Waals surface area contributed by atoms with Crippen molar-refractivity contribution in [3.63, 3.8) is 0 Å². The number of phenols is 1. The highest BCUT2D eigenvalue weighted by atomic mass is 79.9. The van der Waals surface area contributed by atoms with Gasteiger partial charge in [-0.1, -0.05) is 13.8 Å². The molecule has 30 heavy (non-hydrogen) atoms. The SMILES string of the molecule is CC(C)c1cc(Oc2c(Br)cc(CC(=O)NC(CCO)C(=O)O)cc2Br)ccc1O. The number of phenolic OH excluding ortho intramolecular Hbond substituents is 1. The zero-order valence-electron chi connectivity index (χ0n) is 16.5. The van der Waals surface area contributed by atoms with Gasteiger partial charge >= 0.3 is 5.97 Å². The molecule has 0 radical (unpaired) electrons. The third-order valence-corrected chi connectivity index (χ3v) is 5.49. The molecule has 4 N–H and O–H groups in total. The summed E-state index contributed by atoms with van der Waals surface area (Å²) in [7, 11) is 0. The van der Waals surface area contributed by atoms with Crippen LogP contribution in [0, 0.1) is 0 Å². The first-order chi connectivity index (χ1) is 14.1. The Bertz CT molecular complexity index is 909. The molecular formula is C21H23Br2NO6. The zero-order valence-corrected chi connectivity index (χ0v) is 19.7. The van der Waals surface area contributed by atoms with Gasteiger partial charge in [0.15, 0.2) is 5.75 Å². The summed E-state index contributed by atoms with van der Waals surface area (Å²) in [4.78, 5) is 23.3. The maximum Gasteiger partial charge on any atom is 0.326 e. The Labute approximate surface area is 191 Å². The summed E-state index contributed by atoms with van der Waals surface area (Å²) in [5, 5.41) is 30.4. The van der Waals surface area contributed by atoms with E-state index in [0.29, 0.717) is 26.0 Å². The van der Waals surface area contributed by atoms with Gasteiger partial charge in [-0.15, -0.1) is 0 Å². The van der Waals surface area contributed by atoms with E-state index < -0.39 is 17.9 Å². The molecular weight excluding hydrogens is 522 g/mol. The van der Waals surface area contributed by atoms with Gasteiger partial charge in [0.1, 0.15) is 17.5 Å². The van der Waals surface area contributed by atoms with Crippen LogP contribution in [0.2, 0.25) is 0 Å². The van der Waals surface area contributed by atoms with E-state index >= 15 is 0 Å². The number of nitrogens with one attached hydrogen (secondary N) is 1. The van der Waals surface area contributed by atoms with Crippen molar-refractivity contribution in [1.29, 1.82) is 0 Å². The first-order valence-corrected chi connectivity index (χ1v) is 10.8. The Kier molecular flexibility index (Phi) is 8.69. The average Bonchev–Trinajstić information content (AvgIpc) is 2.65. The maximum atomic E-state index is 12.2. The van der Waals surface area contributed by atoms with Gasteiger partial charge in [-0.25, -0.2) is 4.79 Å². The number of carboxylic acids is 1. The molecule has 0 aliphatic rings. The Balaban J connectivity index is 2.16. The van der Waals surface area contributed by atoms with E-state index in [1.165, 1.54) is 0 Å². The van der Waals surface area contributed by atoms with E-state index in [2.05, 4.69) is 37.2 Å². The van der Waals surface area contributed by atoms with Gasteiger partial charge in [-0.2, -0.15) is 0 Å². The number of benzene rings is 2. The van der Waals surface area contributed by atoms with Gasteiger partial charge in [-0.05, 0) is 73.7 Å². The number of amides is 1. The van der Waals surface area contributed by atoms with Crippen LogP contribution in [-0.4, -0.2) is 39.8 Å². The second-order valence-corrected chi connectivity index (χ2v) is 8.72. The number of aliphatic hydroxyl groups is 1. The highest BCUT2D eigenvalue weighted by Gasteiger charge is 2.20. The van der Waals surface area contributed by atoms with Crippen LogP contribution in [0.3, 0.4) is 0 Å². The number of ether oxygens (including phenoxy) is 1. The van der Waals surface area contributed by atoms with Crippen LogP contribution in [-0.2, 0) is 16.0 Å². The third-order valence-electron chi connectivity index (χ3n) is 4.31. The minimum absolute atomic E-state index is 0.0383. The predicted molar refractivity (Wildman–Crippen MR) is 119 cm³/mol. The summed E-state index contributed by atoms with van der Waals surface area (Å²) in [5.74, 6) is -0.277. The van der Waals surface area contributed by atoms with Crippen LogP contribution in [0.5, 0.6) is 17.2 Å². The van der Waals surface area contributed by atoms with Gasteiger partial charge in [-0.3, -0.25) is 4.79 Å². The van der Waals surface area contributed by atoms with Gasteiger partial charge in [0.25, 0.3) is 0 Å². The topological polar surface area (TPSA) is 116 Å². The number of rotatable bonds is 9. The predicted octanol–water partition coefficient (Wildman–Crippen LogP) is 4.33. The molecule has 0 spiro atoms. The summed E-state index contributed by atoms with van der Waals surface area (Å²) in [6, 6.07) is 7.30. The fraction of sp³-hybridized carbons (Fsp3) is 0.333. The Hall–Kier alpha value is -2.10. The first-order valence-electron chi connectivity index (χ1n) is 9.24. The number of hydrogen-bond acceptors (Lipinski definition) is 5. The molecule has 0 bridgehead atoms. The number of aromatic hydroxyl groups is 1. The fourth-order valence-electron chi connectivity index (χ4n) is 2.81. The molecule has 0 aliphatic heterocycles. The van der Waals surface area contributed by atoms with Crippen molar-refractivity contribution in [3.8, 4) is 17.2 Å². The minimum atomic E-state index is -1.20. The highest BCUT2D eigenvalue weighted by molar-refractivity contribution is 9.11. The number of carboxylic acid groups (broad SMARTS) is 1. The number of carbonyl (C=O) groups is 2. The van der Waals surface area contributed by atoms with Crippen molar-refractivity contribution >= 4 is 43.7 Å². The highest BCUT2D eigenvalue weighted by Crippen LogP contribution is 2.39.